The van der Waals surface area contributed by atoms with Crippen molar-refractivity contribution in [2.75, 3.05) is 25.6 Å². The number of hydroxylamine groups is 1. The van der Waals surface area contributed by atoms with Crippen LogP contribution in [0, 0.1) is 0 Å². The monoisotopic (exact) mass is 278 g/mol. The number of amides is 1. The molecule has 1 amide bonds. The Hall–Kier alpha value is -1.80. The van der Waals surface area contributed by atoms with Crippen LogP contribution in [0.3, 0.4) is 0 Å². The molecule has 0 unspecified atom stereocenters. The zero-order valence-electron chi connectivity index (χ0n) is 10.1. The number of halogens is 3. The van der Waals surface area contributed by atoms with Crippen molar-refractivity contribution in [2.45, 2.75) is 6.18 Å². The van der Waals surface area contributed by atoms with E-state index in [4.69, 9.17) is 4.74 Å². The first-order valence-electron chi connectivity index (χ1n) is 5.26. The van der Waals surface area contributed by atoms with Gasteiger partial charge in [0.1, 0.15) is 12.3 Å². The van der Waals surface area contributed by atoms with Gasteiger partial charge in [-0.3, -0.25) is 9.63 Å². The lowest BCUT2D eigenvalue weighted by Crippen LogP contribution is -2.31. The molecule has 0 fully saturated rings. The van der Waals surface area contributed by atoms with Gasteiger partial charge >= 0.3 is 6.18 Å². The lowest BCUT2D eigenvalue weighted by Gasteiger charge is -2.09. The first kappa shape index (κ1) is 15.3. The Kier molecular flexibility index (Phi) is 5.58. The van der Waals surface area contributed by atoms with Crippen LogP contribution in [0.2, 0.25) is 0 Å². The molecule has 0 spiro atoms. The molecule has 0 saturated carbocycles. The largest absolute Gasteiger partial charge is 0.497 e. The predicted molar refractivity (Wildman–Crippen MR) is 61.6 cm³/mol. The topological polar surface area (TPSA) is 59.6 Å². The van der Waals surface area contributed by atoms with Gasteiger partial charge in [-0.05, 0) is 24.3 Å². The van der Waals surface area contributed by atoms with E-state index in [0.29, 0.717) is 11.4 Å². The normalized spacial score (nSPS) is 11.2. The van der Waals surface area contributed by atoms with Gasteiger partial charge in [0.25, 0.3) is 0 Å². The summed E-state index contributed by atoms with van der Waals surface area (Å²) in [6.45, 7) is -1.84. The Morgan fingerprint density at radius 1 is 1.26 bits per heavy atom. The number of alkyl halides is 3. The summed E-state index contributed by atoms with van der Waals surface area (Å²) in [5.74, 6) is 0.108. The standard InChI is InChI=1S/C11H13F3N2O3/c1-18-9-4-2-8(3-5-9)16-10(17)6-15-19-7-11(12,13)14/h2-5,15H,6-7H2,1H3,(H,16,17). The fourth-order valence-electron chi connectivity index (χ4n) is 1.13. The van der Waals surface area contributed by atoms with Gasteiger partial charge < -0.3 is 10.1 Å². The van der Waals surface area contributed by atoms with Crippen LogP contribution in [0.15, 0.2) is 24.3 Å². The highest BCUT2D eigenvalue weighted by Gasteiger charge is 2.27. The Balaban J connectivity index is 2.27. The van der Waals surface area contributed by atoms with E-state index in [2.05, 4.69) is 10.2 Å². The molecule has 1 aromatic carbocycles. The van der Waals surface area contributed by atoms with Crippen molar-refractivity contribution in [3.8, 4) is 5.75 Å². The number of methoxy groups -OCH3 is 1. The fourth-order valence-corrected chi connectivity index (χ4v) is 1.13. The molecule has 0 bridgehead atoms. The van der Waals surface area contributed by atoms with E-state index in [0.717, 1.165) is 0 Å². The first-order valence-corrected chi connectivity index (χ1v) is 5.26. The van der Waals surface area contributed by atoms with E-state index < -0.39 is 18.7 Å². The number of benzene rings is 1. The molecular weight excluding hydrogens is 265 g/mol. The van der Waals surface area contributed by atoms with Gasteiger partial charge in [-0.2, -0.15) is 18.7 Å². The van der Waals surface area contributed by atoms with Crippen LogP contribution in [0.1, 0.15) is 0 Å². The third kappa shape index (κ3) is 6.63. The zero-order chi connectivity index (χ0) is 14.3. The highest BCUT2D eigenvalue weighted by molar-refractivity contribution is 5.92. The number of nitrogens with one attached hydrogen (secondary N) is 2. The number of carbonyl (C=O) groups is 1. The predicted octanol–water partition coefficient (Wildman–Crippen LogP) is 1.72. The molecule has 1 rings (SSSR count). The lowest BCUT2D eigenvalue weighted by atomic mass is 10.3. The number of ether oxygens (including phenoxy) is 1. The summed E-state index contributed by atoms with van der Waals surface area (Å²) in [6.07, 6.45) is -4.43. The van der Waals surface area contributed by atoms with Gasteiger partial charge in [0.15, 0.2) is 6.61 Å². The van der Waals surface area contributed by atoms with Gasteiger partial charge in [-0.1, -0.05) is 0 Å². The number of hydrogen-bond acceptors (Lipinski definition) is 4. The van der Waals surface area contributed by atoms with Crippen molar-refractivity contribution in [3.05, 3.63) is 24.3 Å². The van der Waals surface area contributed by atoms with Crippen molar-refractivity contribution in [3.63, 3.8) is 0 Å². The smallest absolute Gasteiger partial charge is 0.413 e. The van der Waals surface area contributed by atoms with Crippen molar-refractivity contribution >= 4 is 11.6 Å². The minimum absolute atomic E-state index is 0.387. The molecular formula is C11H13F3N2O3. The highest BCUT2D eigenvalue weighted by atomic mass is 19.4. The van der Waals surface area contributed by atoms with Crippen LogP contribution >= 0.6 is 0 Å². The molecule has 19 heavy (non-hydrogen) atoms. The van der Waals surface area contributed by atoms with Crippen molar-refractivity contribution < 1.29 is 27.5 Å². The molecule has 0 radical (unpaired) electrons. The maximum atomic E-state index is 11.7. The molecule has 0 heterocycles. The first-order chi connectivity index (χ1) is 8.90. The van der Waals surface area contributed by atoms with Crippen LogP contribution in [0.5, 0.6) is 5.75 Å². The van der Waals surface area contributed by atoms with Gasteiger partial charge in [0.2, 0.25) is 5.91 Å². The van der Waals surface area contributed by atoms with E-state index in [1.807, 2.05) is 5.48 Å². The summed E-state index contributed by atoms with van der Waals surface area (Å²) in [6, 6.07) is 6.49. The summed E-state index contributed by atoms with van der Waals surface area (Å²) >= 11 is 0. The second-order valence-electron chi connectivity index (χ2n) is 3.50. The average molecular weight is 278 g/mol. The molecule has 1 aromatic rings. The zero-order valence-corrected chi connectivity index (χ0v) is 10.1. The summed E-state index contributed by atoms with van der Waals surface area (Å²) in [4.78, 5) is 15.4. The van der Waals surface area contributed by atoms with Crippen molar-refractivity contribution in [2.24, 2.45) is 0 Å². The SMILES string of the molecule is COc1ccc(NC(=O)CNOCC(F)(F)F)cc1. The van der Waals surface area contributed by atoms with E-state index >= 15 is 0 Å². The minimum atomic E-state index is -4.43. The Morgan fingerprint density at radius 3 is 2.42 bits per heavy atom. The third-order valence-electron chi connectivity index (χ3n) is 1.94. The van der Waals surface area contributed by atoms with Crippen LogP contribution < -0.4 is 15.5 Å². The molecule has 0 aromatic heterocycles. The van der Waals surface area contributed by atoms with E-state index in [9.17, 15) is 18.0 Å². The molecule has 106 valence electrons. The maximum absolute atomic E-state index is 11.7. The summed E-state index contributed by atoms with van der Waals surface area (Å²) in [5.41, 5.74) is 2.43. The second-order valence-corrected chi connectivity index (χ2v) is 3.50. The Labute approximate surface area is 107 Å². The van der Waals surface area contributed by atoms with Crippen LogP contribution in [0.4, 0.5) is 18.9 Å². The Morgan fingerprint density at radius 2 is 1.89 bits per heavy atom. The number of rotatable bonds is 6. The summed E-state index contributed by atoms with van der Waals surface area (Å²) < 4.78 is 40.1. The maximum Gasteiger partial charge on any atom is 0.413 e. The second kappa shape index (κ2) is 6.95. The van der Waals surface area contributed by atoms with Gasteiger partial charge in [0.05, 0.1) is 7.11 Å². The Bertz CT molecular complexity index is 407. The average Bonchev–Trinajstić information content (AvgIpc) is 2.34. The summed E-state index contributed by atoms with van der Waals surface area (Å²) in [7, 11) is 1.51. The highest BCUT2D eigenvalue weighted by Crippen LogP contribution is 2.15. The van der Waals surface area contributed by atoms with Crippen molar-refractivity contribution in [1.29, 1.82) is 0 Å². The van der Waals surface area contributed by atoms with Crippen LogP contribution in [0.25, 0.3) is 0 Å². The molecule has 0 atom stereocenters. The number of carbonyl (C=O) groups excluding carboxylic acids is 1. The van der Waals surface area contributed by atoms with Crippen LogP contribution in [-0.2, 0) is 9.63 Å². The number of anilines is 1. The molecule has 0 aliphatic carbocycles. The quantitative estimate of drug-likeness (QED) is 0.614. The molecule has 0 aliphatic heterocycles. The fraction of sp³-hybridized carbons (Fsp3) is 0.364. The van der Waals surface area contributed by atoms with Gasteiger partial charge in [-0.15, -0.1) is 0 Å². The lowest BCUT2D eigenvalue weighted by molar-refractivity contribution is -0.189. The molecule has 0 aliphatic rings. The molecule has 2 N–H and O–H groups in total. The van der Waals surface area contributed by atoms with E-state index in [1.165, 1.54) is 7.11 Å². The molecule has 0 saturated heterocycles. The summed E-state index contributed by atoms with van der Waals surface area (Å²) in [5, 5.41) is 2.47. The third-order valence-corrected chi connectivity index (χ3v) is 1.94. The van der Waals surface area contributed by atoms with Crippen molar-refractivity contribution in [1.82, 2.24) is 5.48 Å². The van der Waals surface area contributed by atoms with E-state index in [1.54, 1.807) is 24.3 Å². The van der Waals surface area contributed by atoms with Crippen LogP contribution in [-0.4, -0.2) is 32.3 Å². The van der Waals surface area contributed by atoms with Gasteiger partial charge in [-0.25, -0.2) is 0 Å². The van der Waals surface area contributed by atoms with E-state index in [-0.39, 0.29) is 6.54 Å². The molecule has 8 heteroatoms. The molecule has 5 nitrogen and oxygen atoms in total. The minimum Gasteiger partial charge on any atom is -0.497 e. The van der Waals surface area contributed by atoms with Gasteiger partial charge in [0, 0.05) is 5.69 Å². The number of hydrogen-bond donors (Lipinski definition) is 2.